The summed E-state index contributed by atoms with van der Waals surface area (Å²) in [5, 5.41) is 0. The second-order valence-electron chi connectivity index (χ2n) is 10.4. The van der Waals surface area contributed by atoms with Gasteiger partial charge in [0.15, 0.2) is 0 Å². The lowest BCUT2D eigenvalue weighted by atomic mass is 9.85. The number of piperidine rings is 1. The van der Waals surface area contributed by atoms with Gasteiger partial charge in [-0.15, -0.1) is 0 Å². The van der Waals surface area contributed by atoms with E-state index >= 15 is 0 Å². The molecule has 2 aromatic rings. The number of para-hydroxylation sites is 1. The summed E-state index contributed by atoms with van der Waals surface area (Å²) in [7, 11) is 0. The molecule has 2 aliphatic heterocycles. The van der Waals surface area contributed by atoms with Crippen LogP contribution in [0.1, 0.15) is 54.1 Å². The van der Waals surface area contributed by atoms with E-state index in [2.05, 4.69) is 4.90 Å². The van der Waals surface area contributed by atoms with Crippen molar-refractivity contribution in [1.29, 1.82) is 0 Å². The number of hydrogen-bond acceptors (Lipinski definition) is 3. The first-order valence-electron chi connectivity index (χ1n) is 12.6. The summed E-state index contributed by atoms with van der Waals surface area (Å²) in [6, 6.07) is 10.3. The number of halogens is 6. The van der Waals surface area contributed by atoms with Crippen molar-refractivity contribution in [2.75, 3.05) is 24.5 Å². The van der Waals surface area contributed by atoms with E-state index in [1.807, 2.05) is 42.2 Å². The molecule has 3 fully saturated rings. The summed E-state index contributed by atoms with van der Waals surface area (Å²) in [6.07, 6.45) is -7.77. The van der Waals surface area contributed by atoms with Crippen molar-refractivity contribution in [2.24, 2.45) is 5.92 Å². The zero-order chi connectivity index (χ0) is 27.5. The van der Waals surface area contributed by atoms with Gasteiger partial charge in [-0.2, -0.15) is 26.3 Å². The van der Waals surface area contributed by atoms with Crippen LogP contribution in [0.25, 0.3) is 0 Å². The number of likely N-dealkylation sites (tertiary alicyclic amines) is 1. The Balaban J connectivity index is 1.42. The SMILES string of the molecule is CC1N(CC2CC2)C(=O)C2(CCN(C(=O)c3cc(C(F)(F)F)cc(C(F)(F)F)c3)CC2)N1c1ccccc1. The zero-order valence-electron chi connectivity index (χ0n) is 20.6. The summed E-state index contributed by atoms with van der Waals surface area (Å²) in [5.74, 6) is -0.512. The van der Waals surface area contributed by atoms with E-state index in [0.717, 1.165) is 18.5 Å². The molecule has 1 spiro atoms. The van der Waals surface area contributed by atoms with E-state index in [4.69, 9.17) is 0 Å². The standard InChI is InChI=1S/C27H27F6N3O2/c1-17-35(16-18-7-8-18)24(38)25(36(17)22-5-3-2-4-6-22)9-11-34(12-10-25)23(37)19-13-20(26(28,29)30)15-21(14-19)27(31,32)33/h2-6,13-15,17-18H,7-12,16H2,1H3. The zero-order valence-corrected chi connectivity index (χ0v) is 20.6. The predicted molar refractivity (Wildman–Crippen MR) is 127 cm³/mol. The number of hydrogen-bond donors (Lipinski definition) is 0. The van der Waals surface area contributed by atoms with Crippen LogP contribution < -0.4 is 4.90 Å². The van der Waals surface area contributed by atoms with Gasteiger partial charge in [-0.1, -0.05) is 18.2 Å². The summed E-state index contributed by atoms with van der Waals surface area (Å²) >= 11 is 0. The largest absolute Gasteiger partial charge is 0.416 e. The van der Waals surface area contributed by atoms with Gasteiger partial charge in [0, 0.05) is 30.9 Å². The van der Waals surface area contributed by atoms with Crippen LogP contribution in [0, 0.1) is 5.92 Å². The van der Waals surface area contributed by atoms with Crippen LogP contribution in [0.15, 0.2) is 48.5 Å². The monoisotopic (exact) mass is 539 g/mol. The van der Waals surface area contributed by atoms with E-state index in [-0.39, 0.29) is 44.1 Å². The molecule has 2 aromatic carbocycles. The number of alkyl halides is 6. The third-order valence-corrected chi connectivity index (χ3v) is 7.84. The Morgan fingerprint density at radius 1 is 0.921 bits per heavy atom. The van der Waals surface area contributed by atoms with Crippen LogP contribution >= 0.6 is 0 Å². The van der Waals surface area contributed by atoms with Gasteiger partial charge >= 0.3 is 12.4 Å². The van der Waals surface area contributed by atoms with Crippen molar-refractivity contribution < 1.29 is 35.9 Å². The molecule has 1 unspecified atom stereocenters. The van der Waals surface area contributed by atoms with Crippen LogP contribution in [-0.2, 0) is 17.1 Å². The first-order chi connectivity index (χ1) is 17.8. The van der Waals surface area contributed by atoms with E-state index in [1.54, 1.807) is 0 Å². The second kappa shape index (κ2) is 9.20. The highest BCUT2D eigenvalue weighted by molar-refractivity contribution is 5.97. The molecular formula is C27H27F6N3O2. The van der Waals surface area contributed by atoms with Gasteiger partial charge in [0.05, 0.1) is 11.1 Å². The number of carbonyl (C=O) groups is 2. The molecule has 2 heterocycles. The molecule has 0 radical (unpaired) electrons. The molecule has 1 aliphatic carbocycles. The fraction of sp³-hybridized carbons (Fsp3) is 0.481. The Labute approximate surface area is 216 Å². The summed E-state index contributed by atoms with van der Waals surface area (Å²) in [4.78, 5) is 32.2. The number of anilines is 1. The molecule has 38 heavy (non-hydrogen) atoms. The minimum absolute atomic E-state index is 0.00670. The molecule has 2 saturated heterocycles. The maximum Gasteiger partial charge on any atom is 0.416 e. The lowest BCUT2D eigenvalue weighted by molar-refractivity contribution is -0.143. The third kappa shape index (κ3) is 4.71. The van der Waals surface area contributed by atoms with Gasteiger partial charge in [-0.25, -0.2) is 0 Å². The normalized spacial score (nSPS) is 21.9. The van der Waals surface area contributed by atoms with Crippen molar-refractivity contribution >= 4 is 17.5 Å². The molecule has 0 bridgehead atoms. The van der Waals surface area contributed by atoms with E-state index < -0.39 is 40.5 Å². The van der Waals surface area contributed by atoms with Gasteiger partial charge in [-0.3, -0.25) is 9.59 Å². The lowest BCUT2D eigenvalue weighted by Gasteiger charge is -2.44. The molecule has 5 nitrogen and oxygen atoms in total. The molecule has 11 heteroatoms. The predicted octanol–water partition coefficient (Wildman–Crippen LogP) is 5.80. The topological polar surface area (TPSA) is 43.9 Å². The summed E-state index contributed by atoms with van der Waals surface area (Å²) in [5.41, 5.74) is -3.84. The highest BCUT2D eigenvalue weighted by Crippen LogP contribution is 2.45. The van der Waals surface area contributed by atoms with E-state index in [9.17, 15) is 35.9 Å². The lowest BCUT2D eigenvalue weighted by Crippen LogP contribution is -2.58. The van der Waals surface area contributed by atoms with Gasteiger partial charge in [0.1, 0.15) is 11.7 Å². The number of benzene rings is 2. The average Bonchev–Trinajstić information content (AvgIpc) is 3.67. The fourth-order valence-corrected chi connectivity index (χ4v) is 5.70. The fourth-order valence-electron chi connectivity index (χ4n) is 5.70. The van der Waals surface area contributed by atoms with Crippen LogP contribution in [0.5, 0.6) is 0 Å². The summed E-state index contributed by atoms with van der Waals surface area (Å²) in [6.45, 7) is 2.64. The smallest absolute Gasteiger partial charge is 0.338 e. The molecular weight excluding hydrogens is 512 g/mol. The third-order valence-electron chi connectivity index (χ3n) is 7.84. The molecule has 2 amide bonds. The van der Waals surface area contributed by atoms with Crippen LogP contribution in [0.2, 0.25) is 0 Å². The first-order valence-corrected chi connectivity index (χ1v) is 12.6. The number of amides is 2. The number of rotatable bonds is 4. The van der Waals surface area contributed by atoms with Crippen LogP contribution in [0.4, 0.5) is 32.0 Å². The Bertz CT molecular complexity index is 1190. The maximum atomic E-state index is 13.8. The second-order valence-corrected chi connectivity index (χ2v) is 10.4. The molecule has 5 rings (SSSR count). The minimum Gasteiger partial charge on any atom is -0.338 e. The van der Waals surface area contributed by atoms with Gasteiger partial charge in [-0.05, 0) is 68.9 Å². The van der Waals surface area contributed by atoms with Gasteiger partial charge in [0.2, 0.25) is 5.91 Å². The van der Waals surface area contributed by atoms with Crippen LogP contribution in [-0.4, -0.2) is 53.0 Å². The van der Waals surface area contributed by atoms with Crippen molar-refractivity contribution in [1.82, 2.24) is 9.80 Å². The van der Waals surface area contributed by atoms with Crippen molar-refractivity contribution in [3.63, 3.8) is 0 Å². The molecule has 3 aliphatic rings. The van der Waals surface area contributed by atoms with Gasteiger partial charge in [0.25, 0.3) is 5.91 Å². The van der Waals surface area contributed by atoms with Crippen molar-refractivity contribution in [3.05, 3.63) is 65.2 Å². The quantitative estimate of drug-likeness (QED) is 0.461. The number of nitrogens with zero attached hydrogens (tertiary/aromatic N) is 3. The number of carbonyl (C=O) groups excluding carboxylic acids is 2. The molecule has 204 valence electrons. The molecule has 1 saturated carbocycles. The van der Waals surface area contributed by atoms with E-state index in [1.165, 1.54) is 4.90 Å². The average molecular weight is 540 g/mol. The van der Waals surface area contributed by atoms with Crippen molar-refractivity contribution in [3.8, 4) is 0 Å². The Morgan fingerprint density at radius 2 is 1.47 bits per heavy atom. The Kier molecular flexibility index (Phi) is 6.38. The van der Waals surface area contributed by atoms with Gasteiger partial charge < -0.3 is 14.7 Å². The first kappa shape index (κ1) is 26.4. The molecule has 0 aromatic heterocycles. The highest BCUT2D eigenvalue weighted by atomic mass is 19.4. The molecule has 0 N–H and O–H groups in total. The minimum atomic E-state index is -5.05. The molecule has 1 atom stereocenters. The Hall–Kier alpha value is -3.24. The van der Waals surface area contributed by atoms with E-state index in [0.29, 0.717) is 24.6 Å². The van der Waals surface area contributed by atoms with Crippen LogP contribution in [0.3, 0.4) is 0 Å². The Morgan fingerprint density at radius 3 is 1.97 bits per heavy atom. The maximum absolute atomic E-state index is 13.8. The highest BCUT2D eigenvalue weighted by Gasteiger charge is 2.57. The van der Waals surface area contributed by atoms with Crippen molar-refractivity contribution in [2.45, 2.75) is 56.7 Å². The summed E-state index contributed by atoms with van der Waals surface area (Å²) < 4.78 is 79.9.